The molecule has 1 heterocycles. The molecule has 1 fully saturated rings. The number of aryl methyl sites for hydroxylation is 1. The lowest BCUT2D eigenvalue weighted by Crippen LogP contribution is -2.37. The first-order valence-corrected chi connectivity index (χ1v) is 10.2. The molecule has 2 N–H and O–H groups in total. The molecule has 0 aliphatic carbocycles. The maximum Gasteiger partial charge on any atom is 0.191 e. The molecule has 0 aromatic heterocycles. The van der Waals surface area contributed by atoms with Crippen LogP contribution in [0.5, 0.6) is 11.5 Å². The van der Waals surface area contributed by atoms with E-state index in [0.29, 0.717) is 19.8 Å². The summed E-state index contributed by atoms with van der Waals surface area (Å²) in [5.74, 6) is 2.58. The predicted molar refractivity (Wildman–Crippen MR) is 131 cm³/mol. The van der Waals surface area contributed by atoms with Crippen molar-refractivity contribution in [3.05, 3.63) is 59.7 Å². The molecule has 30 heavy (non-hydrogen) atoms. The lowest BCUT2D eigenvalue weighted by atomic mass is 10.1. The van der Waals surface area contributed by atoms with Gasteiger partial charge in [0, 0.05) is 32.1 Å². The molecular formula is C23H32IN3O3. The number of aliphatic imine (C=N–C) groups is 1. The van der Waals surface area contributed by atoms with Gasteiger partial charge in [0.1, 0.15) is 17.6 Å². The molecule has 1 aliphatic rings. The summed E-state index contributed by atoms with van der Waals surface area (Å²) in [6.07, 6.45) is 1.96. The Kier molecular flexibility index (Phi) is 10.8. The fraction of sp³-hybridized carbons (Fsp3) is 0.435. The minimum absolute atomic E-state index is 0. The van der Waals surface area contributed by atoms with E-state index in [-0.39, 0.29) is 30.1 Å². The Bertz CT molecular complexity index is 781. The van der Waals surface area contributed by atoms with Gasteiger partial charge in [-0.15, -0.1) is 24.0 Å². The summed E-state index contributed by atoms with van der Waals surface area (Å²) in [5, 5.41) is 6.69. The normalized spacial score (nSPS) is 15.9. The molecule has 2 aromatic carbocycles. The van der Waals surface area contributed by atoms with E-state index in [1.54, 1.807) is 7.05 Å². The van der Waals surface area contributed by atoms with Crippen LogP contribution in [0.25, 0.3) is 0 Å². The van der Waals surface area contributed by atoms with Gasteiger partial charge >= 0.3 is 0 Å². The van der Waals surface area contributed by atoms with Crippen molar-refractivity contribution in [2.45, 2.75) is 32.4 Å². The molecule has 0 saturated carbocycles. The molecule has 0 radical (unpaired) electrons. The standard InChI is InChI=1S/C23H31N3O3.HI/c1-18-9-10-19(22(15-18)29-21-11-14-27-17-21)16-26-23(24-2)25-12-6-13-28-20-7-4-3-5-8-20;/h3-5,7-10,15,21H,6,11-14,16-17H2,1-2H3,(H2,24,25,26);1H. The number of ether oxygens (including phenoxy) is 3. The molecule has 164 valence electrons. The molecule has 1 aliphatic heterocycles. The van der Waals surface area contributed by atoms with E-state index in [0.717, 1.165) is 49.0 Å². The summed E-state index contributed by atoms with van der Waals surface area (Å²) in [5.41, 5.74) is 2.29. The first kappa shape index (κ1) is 24.3. The number of benzene rings is 2. The topological polar surface area (TPSA) is 64.1 Å². The van der Waals surface area contributed by atoms with Crippen LogP contribution in [0.15, 0.2) is 53.5 Å². The van der Waals surface area contributed by atoms with E-state index in [4.69, 9.17) is 14.2 Å². The highest BCUT2D eigenvalue weighted by molar-refractivity contribution is 14.0. The van der Waals surface area contributed by atoms with Crippen molar-refractivity contribution in [3.63, 3.8) is 0 Å². The van der Waals surface area contributed by atoms with Gasteiger partial charge in [0.05, 0.1) is 19.8 Å². The summed E-state index contributed by atoms with van der Waals surface area (Å²) in [6, 6.07) is 16.2. The highest BCUT2D eigenvalue weighted by atomic mass is 127. The minimum Gasteiger partial charge on any atom is -0.494 e. The number of hydrogen-bond acceptors (Lipinski definition) is 4. The predicted octanol–water partition coefficient (Wildman–Crippen LogP) is 3.91. The Balaban J connectivity index is 0.00000320. The second kappa shape index (κ2) is 13.3. The van der Waals surface area contributed by atoms with E-state index < -0.39 is 0 Å². The van der Waals surface area contributed by atoms with Gasteiger partial charge in [0.2, 0.25) is 0 Å². The lowest BCUT2D eigenvalue weighted by molar-refractivity contribution is 0.140. The summed E-state index contributed by atoms with van der Waals surface area (Å²) in [6.45, 7) is 5.59. The second-order valence-corrected chi connectivity index (χ2v) is 7.08. The molecule has 6 nitrogen and oxygen atoms in total. The van der Waals surface area contributed by atoms with Crippen LogP contribution in [0.3, 0.4) is 0 Å². The number of para-hydroxylation sites is 1. The molecule has 0 bridgehead atoms. The number of nitrogens with zero attached hydrogens (tertiary/aromatic N) is 1. The Morgan fingerprint density at radius 3 is 2.73 bits per heavy atom. The highest BCUT2D eigenvalue weighted by Crippen LogP contribution is 2.23. The SMILES string of the molecule is CN=C(NCCCOc1ccccc1)NCc1ccc(C)cc1OC1CCOC1.I. The van der Waals surface area contributed by atoms with E-state index in [1.165, 1.54) is 5.56 Å². The zero-order chi connectivity index (χ0) is 20.3. The van der Waals surface area contributed by atoms with Crippen LogP contribution >= 0.6 is 24.0 Å². The fourth-order valence-corrected chi connectivity index (χ4v) is 3.09. The molecule has 1 unspecified atom stereocenters. The Labute approximate surface area is 196 Å². The zero-order valence-corrected chi connectivity index (χ0v) is 20.1. The lowest BCUT2D eigenvalue weighted by Gasteiger charge is -2.18. The molecule has 2 aromatic rings. The maximum absolute atomic E-state index is 6.17. The Morgan fingerprint density at radius 2 is 2.00 bits per heavy atom. The summed E-state index contributed by atoms with van der Waals surface area (Å²) < 4.78 is 17.3. The molecule has 0 amide bonds. The first-order chi connectivity index (χ1) is 14.2. The molecule has 1 saturated heterocycles. The third-order valence-electron chi connectivity index (χ3n) is 4.70. The van der Waals surface area contributed by atoms with E-state index in [2.05, 4.69) is 40.7 Å². The van der Waals surface area contributed by atoms with Gasteiger partial charge in [-0.05, 0) is 37.1 Å². The number of rotatable bonds is 9. The molecule has 1 atom stereocenters. The van der Waals surface area contributed by atoms with E-state index in [1.807, 2.05) is 30.3 Å². The van der Waals surface area contributed by atoms with Crippen LogP contribution < -0.4 is 20.1 Å². The average Bonchev–Trinajstić information content (AvgIpc) is 3.25. The van der Waals surface area contributed by atoms with Gasteiger partial charge in [-0.25, -0.2) is 0 Å². The third-order valence-corrected chi connectivity index (χ3v) is 4.70. The summed E-state index contributed by atoms with van der Waals surface area (Å²) >= 11 is 0. The Morgan fingerprint density at radius 1 is 1.17 bits per heavy atom. The van der Waals surface area contributed by atoms with Crippen molar-refractivity contribution in [1.29, 1.82) is 0 Å². The molecule has 0 spiro atoms. The van der Waals surface area contributed by atoms with Crippen molar-refractivity contribution in [3.8, 4) is 11.5 Å². The van der Waals surface area contributed by atoms with Gasteiger partial charge in [0.15, 0.2) is 5.96 Å². The quantitative estimate of drug-likeness (QED) is 0.225. The van der Waals surface area contributed by atoms with E-state index >= 15 is 0 Å². The maximum atomic E-state index is 6.17. The van der Waals surface area contributed by atoms with Crippen LogP contribution in [0.1, 0.15) is 24.0 Å². The van der Waals surface area contributed by atoms with Gasteiger partial charge in [0.25, 0.3) is 0 Å². The second-order valence-electron chi connectivity index (χ2n) is 7.08. The first-order valence-electron chi connectivity index (χ1n) is 10.2. The van der Waals surface area contributed by atoms with E-state index in [9.17, 15) is 0 Å². The summed E-state index contributed by atoms with van der Waals surface area (Å²) in [4.78, 5) is 4.30. The minimum atomic E-state index is 0. The van der Waals surface area contributed by atoms with Crippen LogP contribution in [-0.4, -0.2) is 45.5 Å². The average molecular weight is 525 g/mol. The molecule has 3 rings (SSSR count). The Hall–Kier alpha value is -2.00. The van der Waals surface area contributed by atoms with Gasteiger partial charge < -0.3 is 24.8 Å². The van der Waals surface area contributed by atoms with Crippen molar-refractivity contribution in [1.82, 2.24) is 10.6 Å². The third kappa shape index (κ3) is 8.02. The smallest absolute Gasteiger partial charge is 0.191 e. The van der Waals surface area contributed by atoms with Crippen molar-refractivity contribution in [2.24, 2.45) is 4.99 Å². The van der Waals surface area contributed by atoms with Gasteiger partial charge in [-0.2, -0.15) is 0 Å². The van der Waals surface area contributed by atoms with Crippen LogP contribution in [0.4, 0.5) is 0 Å². The zero-order valence-electron chi connectivity index (χ0n) is 17.7. The summed E-state index contributed by atoms with van der Waals surface area (Å²) in [7, 11) is 1.78. The van der Waals surface area contributed by atoms with Crippen molar-refractivity contribution >= 4 is 29.9 Å². The fourth-order valence-electron chi connectivity index (χ4n) is 3.09. The number of halogens is 1. The number of guanidine groups is 1. The largest absolute Gasteiger partial charge is 0.494 e. The monoisotopic (exact) mass is 525 g/mol. The highest BCUT2D eigenvalue weighted by Gasteiger charge is 2.18. The van der Waals surface area contributed by atoms with Crippen LogP contribution in [-0.2, 0) is 11.3 Å². The number of hydrogen-bond donors (Lipinski definition) is 2. The van der Waals surface area contributed by atoms with Gasteiger partial charge in [-0.1, -0.05) is 30.3 Å². The number of nitrogens with one attached hydrogen (secondary N) is 2. The molecular weight excluding hydrogens is 493 g/mol. The van der Waals surface area contributed by atoms with Crippen molar-refractivity contribution in [2.75, 3.05) is 33.4 Å². The molecule has 7 heteroatoms. The van der Waals surface area contributed by atoms with Gasteiger partial charge in [-0.3, -0.25) is 4.99 Å². The van der Waals surface area contributed by atoms with Crippen LogP contribution in [0.2, 0.25) is 0 Å². The van der Waals surface area contributed by atoms with Crippen LogP contribution in [0, 0.1) is 6.92 Å². The van der Waals surface area contributed by atoms with Crippen molar-refractivity contribution < 1.29 is 14.2 Å².